The lowest BCUT2D eigenvalue weighted by Crippen LogP contribution is -2.12. The van der Waals surface area contributed by atoms with Crippen molar-refractivity contribution in [3.8, 4) is 0 Å². The first-order valence-corrected chi connectivity index (χ1v) is 10.3. The molecule has 0 rings (SSSR count). The molecule has 0 aliphatic carbocycles. The Hall–Kier alpha value is 0.570. The second-order valence-electron chi connectivity index (χ2n) is 5.26. The van der Waals surface area contributed by atoms with Gasteiger partial charge in [-0.05, 0) is 23.7 Å². The molecule has 0 radical (unpaired) electrons. The molecule has 22 heavy (non-hydrogen) atoms. The molecule has 0 aliphatic rings. The van der Waals surface area contributed by atoms with Crippen LogP contribution in [0, 0.1) is 0 Å². The van der Waals surface area contributed by atoms with Crippen molar-refractivity contribution in [3.63, 3.8) is 0 Å². The zero-order valence-electron chi connectivity index (χ0n) is 14.3. The number of halogens is 1. The van der Waals surface area contributed by atoms with Crippen molar-refractivity contribution in [2.45, 2.75) is 51.9 Å². The minimum absolute atomic E-state index is 0.634. The normalized spacial score (nSPS) is 11.2. The van der Waals surface area contributed by atoms with Gasteiger partial charge in [0.2, 0.25) is 0 Å². The van der Waals surface area contributed by atoms with E-state index >= 15 is 0 Å². The van der Waals surface area contributed by atoms with Crippen LogP contribution in [0.2, 0.25) is 0 Å². The molecule has 4 nitrogen and oxygen atoms in total. The van der Waals surface area contributed by atoms with E-state index in [0.29, 0.717) is 39.6 Å². The Bertz CT molecular complexity index is 173. The number of unbranched alkanes of at least 4 members (excludes halogenated alkanes) is 5. The molecule has 5 heteroatoms. The van der Waals surface area contributed by atoms with E-state index in [0.717, 1.165) is 26.1 Å². The number of hydrogen-bond acceptors (Lipinski definition) is 4. The summed E-state index contributed by atoms with van der Waals surface area (Å²) in [5, 5.41) is 0. The predicted molar refractivity (Wildman–Crippen MR) is 100 cm³/mol. The number of ether oxygens (including phenoxy) is 4. The van der Waals surface area contributed by atoms with E-state index in [1.165, 1.54) is 36.5 Å². The lowest BCUT2D eigenvalue weighted by atomic mass is 10.2. The van der Waals surface area contributed by atoms with Crippen LogP contribution in [0.5, 0.6) is 0 Å². The Morgan fingerprint density at radius 3 is 1.36 bits per heavy atom. The van der Waals surface area contributed by atoms with Crippen LogP contribution in [0.1, 0.15) is 51.9 Å². The van der Waals surface area contributed by atoms with Gasteiger partial charge >= 0.3 is 0 Å². The second kappa shape index (κ2) is 21.6. The first-order valence-electron chi connectivity index (χ1n) is 8.78. The standard InChI is InChI=1S/C17H35IO4/c1-2-3-7-10-19-12-14-21-16-17-22-15-13-20-11-8-5-4-6-9-18/h2-17H2,1H3. The van der Waals surface area contributed by atoms with Gasteiger partial charge in [-0.2, -0.15) is 0 Å². The second-order valence-corrected chi connectivity index (χ2v) is 6.34. The molecule has 0 amide bonds. The van der Waals surface area contributed by atoms with Crippen molar-refractivity contribution < 1.29 is 18.9 Å². The highest BCUT2D eigenvalue weighted by Gasteiger charge is 1.93. The van der Waals surface area contributed by atoms with Gasteiger partial charge in [-0.15, -0.1) is 0 Å². The SMILES string of the molecule is CCCCCOCCOCCOCCOCCCCCCI. The quantitative estimate of drug-likeness (QED) is 0.175. The minimum Gasteiger partial charge on any atom is -0.379 e. The lowest BCUT2D eigenvalue weighted by molar-refractivity contribution is -0.00245. The molecule has 0 N–H and O–H groups in total. The predicted octanol–water partition coefficient (Wildman–Crippen LogP) is 4.24. The van der Waals surface area contributed by atoms with Crippen molar-refractivity contribution in [2.24, 2.45) is 0 Å². The number of hydrogen-bond donors (Lipinski definition) is 0. The molecular weight excluding hydrogens is 395 g/mol. The fraction of sp³-hybridized carbons (Fsp3) is 1.00. The van der Waals surface area contributed by atoms with E-state index in [1.807, 2.05) is 0 Å². The van der Waals surface area contributed by atoms with Crippen LogP contribution in [-0.2, 0) is 18.9 Å². The Balaban J connectivity index is 2.91. The summed E-state index contributed by atoms with van der Waals surface area (Å²) in [5.41, 5.74) is 0. The van der Waals surface area contributed by atoms with E-state index in [9.17, 15) is 0 Å². The third-order valence-electron chi connectivity index (χ3n) is 3.18. The van der Waals surface area contributed by atoms with Gasteiger partial charge in [0.25, 0.3) is 0 Å². The molecule has 0 unspecified atom stereocenters. The first kappa shape index (κ1) is 22.6. The van der Waals surface area contributed by atoms with Gasteiger partial charge in [-0.25, -0.2) is 0 Å². The smallest absolute Gasteiger partial charge is 0.0701 e. The third-order valence-corrected chi connectivity index (χ3v) is 3.94. The molecule has 0 saturated carbocycles. The van der Waals surface area contributed by atoms with Gasteiger partial charge in [0.15, 0.2) is 0 Å². The van der Waals surface area contributed by atoms with Crippen molar-refractivity contribution in [1.29, 1.82) is 0 Å². The molecule has 0 atom stereocenters. The summed E-state index contributed by atoms with van der Waals surface area (Å²) in [5.74, 6) is 0. The lowest BCUT2D eigenvalue weighted by Gasteiger charge is -2.07. The Morgan fingerprint density at radius 1 is 0.500 bits per heavy atom. The zero-order chi connectivity index (χ0) is 16.1. The molecule has 0 bridgehead atoms. The molecular formula is C17H35IO4. The third kappa shape index (κ3) is 20.6. The fourth-order valence-corrected chi connectivity index (χ4v) is 2.41. The summed E-state index contributed by atoms with van der Waals surface area (Å²) >= 11 is 2.43. The molecule has 0 aromatic carbocycles. The summed E-state index contributed by atoms with van der Waals surface area (Å²) in [4.78, 5) is 0. The summed E-state index contributed by atoms with van der Waals surface area (Å²) in [6, 6.07) is 0. The maximum absolute atomic E-state index is 5.52. The molecule has 134 valence electrons. The van der Waals surface area contributed by atoms with Gasteiger partial charge in [0.1, 0.15) is 0 Å². The van der Waals surface area contributed by atoms with E-state index in [1.54, 1.807) is 0 Å². The summed E-state index contributed by atoms with van der Waals surface area (Å²) in [7, 11) is 0. The number of rotatable bonds is 19. The zero-order valence-corrected chi connectivity index (χ0v) is 16.5. The fourth-order valence-electron chi connectivity index (χ4n) is 1.87. The average molecular weight is 430 g/mol. The highest BCUT2D eigenvalue weighted by atomic mass is 127. The van der Waals surface area contributed by atoms with Crippen LogP contribution in [0.4, 0.5) is 0 Å². The molecule has 0 fully saturated rings. The van der Waals surface area contributed by atoms with Gasteiger partial charge in [-0.3, -0.25) is 0 Å². The van der Waals surface area contributed by atoms with E-state index in [-0.39, 0.29) is 0 Å². The van der Waals surface area contributed by atoms with E-state index < -0.39 is 0 Å². The van der Waals surface area contributed by atoms with Crippen LogP contribution in [0.15, 0.2) is 0 Å². The first-order chi connectivity index (χ1) is 10.9. The minimum atomic E-state index is 0.634. The highest BCUT2D eigenvalue weighted by Crippen LogP contribution is 2.02. The maximum atomic E-state index is 5.52. The Kier molecular flexibility index (Phi) is 22.1. The van der Waals surface area contributed by atoms with E-state index in [4.69, 9.17) is 18.9 Å². The van der Waals surface area contributed by atoms with Crippen LogP contribution in [0.3, 0.4) is 0 Å². The number of alkyl halides is 1. The van der Waals surface area contributed by atoms with Crippen LogP contribution in [-0.4, -0.2) is 57.3 Å². The molecule has 0 saturated heterocycles. The van der Waals surface area contributed by atoms with E-state index in [2.05, 4.69) is 29.5 Å². The highest BCUT2D eigenvalue weighted by molar-refractivity contribution is 14.1. The van der Waals surface area contributed by atoms with Crippen LogP contribution >= 0.6 is 22.6 Å². The molecule has 0 aliphatic heterocycles. The molecule has 0 heterocycles. The molecule has 0 aromatic rings. The van der Waals surface area contributed by atoms with Crippen molar-refractivity contribution >= 4 is 22.6 Å². The van der Waals surface area contributed by atoms with Crippen molar-refractivity contribution in [3.05, 3.63) is 0 Å². The van der Waals surface area contributed by atoms with Gasteiger partial charge in [0, 0.05) is 13.2 Å². The summed E-state index contributed by atoms with van der Waals surface area (Å²) < 4.78 is 23.1. The summed E-state index contributed by atoms with van der Waals surface area (Å²) in [6.07, 6.45) is 8.72. The van der Waals surface area contributed by atoms with Gasteiger partial charge in [0.05, 0.1) is 39.6 Å². The van der Waals surface area contributed by atoms with Crippen molar-refractivity contribution in [1.82, 2.24) is 0 Å². The maximum Gasteiger partial charge on any atom is 0.0701 e. The largest absolute Gasteiger partial charge is 0.379 e. The Labute approximate surface area is 150 Å². The van der Waals surface area contributed by atoms with Gasteiger partial charge < -0.3 is 18.9 Å². The Morgan fingerprint density at radius 2 is 0.909 bits per heavy atom. The monoisotopic (exact) mass is 430 g/mol. The topological polar surface area (TPSA) is 36.9 Å². The van der Waals surface area contributed by atoms with Crippen molar-refractivity contribution in [2.75, 3.05) is 57.3 Å². The van der Waals surface area contributed by atoms with Gasteiger partial charge in [-0.1, -0.05) is 55.2 Å². The summed E-state index contributed by atoms with van der Waals surface area (Å²) in [6.45, 7) is 7.86. The van der Waals surface area contributed by atoms with Crippen LogP contribution in [0.25, 0.3) is 0 Å². The molecule has 0 spiro atoms. The molecule has 0 aromatic heterocycles. The average Bonchev–Trinajstić information content (AvgIpc) is 2.54. The van der Waals surface area contributed by atoms with Crippen LogP contribution < -0.4 is 0 Å².